The van der Waals surface area contributed by atoms with Crippen LogP contribution >= 0.6 is 10.6 Å². The van der Waals surface area contributed by atoms with Gasteiger partial charge >= 0.3 is 35.9 Å². The van der Waals surface area contributed by atoms with Crippen LogP contribution in [0.1, 0.15) is 11.1 Å². The number of nitrogens with zero attached hydrogens (tertiary/aromatic N) is 1. The molecule has 6 rings (SSSR count). The highest BCUT2D eigenvalue weighted by Gasteiger charge is 2.80. The third-order valence-electron chi connectivity index (χ3n) is 8.25. The Morgan fingerprint density at radius 3 is 0.981 bits per heavy atom. The largest absolute Gasteiger partial charge is 0.433 e. The van der Waals surface area contributed by atoms with Gasteiger partial charge in [-0.2, -0.15) is 52.7 Å². The summed E-state index contributed by atoms with van der Waals surface area (Å²) in [4.78, 5) is -0.625. The SMILES string of the molecule is FC(F)(F)C(OS1(OC(c2ccccc2)(C(F)(F)F)C(F)(F)F)c2ccccc2N(c2ccccc2)c2ccccc21)(c1ccccc1)C(F)(F)F. The smallest absolute Gasteiger partial charge is 0.307 e. The Bertz CT molecular complexity index is 1860. The van der Waals surface area contributed by atoms with E-state index in [2.05, 4.69) is 0 Å². The zero-order valence-corrected chi connectivity index (χ0v) is 26.8. The van der Waals surface area contributed by atoms with Crippen molar-refractivity contribution in [2.75, 3.05) is 4.90 Å². The molecule has 0 aliphatic carbocycles. The second kappa shape index (κ2) is 12.8. The molecule has 0 fully saturated rings. The Morgan fingerprint density at radius 1 is 0.365 bits per heavy atom. The van der Waals surface area contributed by atoms with Crippen LogP contribution in [0.4, 0.5) is 69.7 Å². The Kier molecular flexibility index (Phi) is 9.11. The summed E-state index contributed by atoms with van der Waals surface area (Å²) in [6.07, 6.45) is -26.2. The van der Waals surface area contributed by atoms with Gasteiger partial charge in [0, 0.05) is 16.8 Å². The lowest BCUT2D eigenvalue weighted by molar-refractivity contribution is -0.377. The van der Waals surface area contributed by atoms with Gasteiger partial charge < -0.3 is 4.90 Å². The molecule has 1 aliphatic rings. The Morgan fingerprint density at radius 2 is 0.654 bits per heavy atom. The third kappa shape index (κ3) is 5.67. The summed E-state index contributed by atoms with van der Waals surface area (Å²) in [5.41, 5.74) is -15.0. The van der Waals surface area contributed by atoms with Crippen LogP contribution in [-0.2, 0) is 19.6 Å². The van der Waals surface area contributed by atoms with Gasteiger partial charge in [0.25, 0.3) is 0 Å². The molecular formula is C36H23F12NO2S. The van der Waals surface area contributed by atoms with Gasteiger partial charge in [-0.15, -0.1) is 10.6 Å². The second-order valence-corrected chi connectivity index (χ2v) is 13.6. The van der Waals surface area contributed by atoms with Crippen molar-refractivity contribution in [2.45, 2.75) is 45.7 Å². The van der Waals surface area contributed by atoms with Gasteiger partial charge in [0.2, 0.25) is 0 Å². The predicted molar refractivity (Wildman–Crippen MR) is 168 cm³/mol. The molecule has 274 valence electrons. The summed E-state index contributed by atoms with van der Waals surface area (Å²) in [5.74, 6) is 0. The molecule has 0 atom stereocenters. The van der Waals surface area contributed by atoms with Gasteiger partial charge in [-0.25, -0.2) is 8.37 Å². The highest BCUT2D eigenvalue weighted by atomic mass is 32.3. The highest BCUT2D eigenvalue weighted by molar-refractivity contribution is 8.26. The summed E-state index contributed by atoms with van der Waals surface area (Å²) in [6.45, 7) is 0. The molecule has 0 aromatic heterocycles. The average molecular weight is 762 g/mol. The molecule has 52 heavy (non-hydrogen) atoms. The molecule has 0 spiro atoms. The van der Waals surface area contributed by atoms with Gasteiger partial charge in [-0.05, 0) is 36.4 Å². The minimum Gasteiger partial charge on any atom is -0.307 e. The summed E-state index contributed by atoms with van der Waals surface area (Å²) in [6, 6.07) is 22.7. The Labute approximate surface area is 289 Å². The number of anilines is 3. The van der Waals surface area contributed by atoms with E-state index in [1.807, 2.05) is 0 Å². The van der Waals surface area contributed by atoms with E-state index in [4.69, 9.17) is 8.37 Å². The topological polar surface area (TPSA) is 21.7 Å². The number of halogens is 12. The van der Waals surface area contributed by atoms with E-state index >= 15 is 52.7 Å². The standard InChI is InChI=1S/C36H23F12NO2S/c37-33(38,39)31(34(40,41)42,24-14-4-1-5-15-24)50-52(51-32(35(43,44)45,36(46,47)48)25-16-6-2-7-17-25)29-22-12-10-20-27(29)49(26-18-8-3-9-19-26)28-21-11-13-23-30(28)52/h1-23H. The van der Waals surface area contributed by atoms with Gasteiger partial charge in [0.15, 0.2) is 0 Å². The normalized spacial score (nSPS) is 15.8. The number of hydrogen-bond donors (Lipinski definition) is 0. The quantitative estimate of drug-likeness (QED) is 0.154. The minimum absolute atomic E-state index is 0.206. The number of alkyl halides is 12. The van der Waals surface area contributed by atoms with Crippen molar-refractivity contribution in [3.63, 3.8) is 0 Å². The minimum atomic E-state index is -6.55. The van der Waals surface area contributed by atoms with Crippen LogP contribution in [-0.4, -0.2) is 24.7 Å². The maximum atomic E-state index is 15.5. The lowest BCUT2D eigenvalue weighted by Crippen LogP contribution is -2.59. The van der Waals surface area contributed by atoms with Crippen LogP contribution in [0, 0.1) is 0 Å². The number of fused-ring (bicyclic) bond motifs is 2. The predicted octanol–water partition coefficient (Wildman–Crippen LogP) is 12.6. The van der Waals surface area contributed by atoms with Crippen LogP contribution < -0.4 is 4.90 Å². The number of benzene rings is 5. The maximum absolute atomic E-state index is 15.5. The number of para-hydroxylation sites is 3. The van der Waals surface area contributed by atoms with Gasteiger partial charge in [-0.3, -0.25) is 0 Å². The van der Waals surface area contributed by atoms with Crippen LogP contribution in [0.25, 0.3) is 0 Å². The molecule has 0 saturated heterocycles. The monoisotopic (exact) mass is 761 g/mol. The van der Waals surface area contributed by atoms with Crippen LogP contribution in [0.5, 0.6) is 0 Å². The Balaban J connectivity index is 1.84. The summed E-state index contributed by atoms with van der Waals surface area (Å²) in [5, 5.41) is 0. The van der Waals surface area contributed by atoms with Crippen LogP contribution in [0.15, 0.2) is 149 Å². The molecule has 0 unspecified atom stereocenters. The van der Waals surface area contributed by atoms with Crippen LogP contribution in [0.2, 0.25) is 0 Å². The van der Waals surface area contributed by atoms with E-state index in [0.29, 0.717) is 24.3 Å². The third-order valence-corrected chi connectivity index (χ3v) is 11.1. The highest BCUT2D eigenvalue weighted by Crippen LogP contribution is 2.80. The second-order valence-electron chi connectivity index (χ2n) is 11.4. The van der Waals surface area contributed by atoms with E-state index in [-0.39, 0.29) is 5.69 Å². The molecule has 0 N–H and O–H groups in total. The molecule has 3 nitrogen and oxygen atoms in total. The van der Waals surface area contributed by atoms with Crippen molar-refractivity contribution >= 4 is 27.7 Å². The van der Waals surface area contributed by atoms with E-state index in [1.54, 1.807) is 6.07 Å². The first-order valence-electron chi connectivity index (χ1n) is 15.0. The molecule has 0 bridgehead atoms. The first-order valence-corrected chi connectivity index (χ1v) is 16.5. The van der Waals surface area contributed by atoms with E-state index in [9.17, 15) is 0 Å². The summed E-state index contributed by atoms with van der Waals surface area (Å²) < 4.78 is 196. The molecule has 16 heteroatoms. The summed E-state index contributed by atoms with van der Waals surface area (Å²) >= 11 is 0. The van der Waals surface area contributed by atoms with Crippen molar-refractivity contribution in [1.82, 2.24) is 0 Å². The van der Waals surface area contributed by atoms with Crippen molar-refractivity contribution in [3.8, 4) is 0 Å². The van der Waals surface area contributed by atoms with Gasteiger partial charge in [-0.1, -0.05) is 103 Å². The lowest BCUT2D eigenvalue weighted by atomic mass is 9.92. The fraction of sp³-hybridized carbons (Fsp3) is 0.167. The average Bonchev–Trinajstić information content (AvgIpc) is 3.08. The lowest BCUT2D eigenvalue weighted by Gasteiger charge is -2.57. The molecular weight excluding hydrogens is 738 g/mol. The van der Waals surface area contributed by atoms with Crippen molar-refractivity contribution < 1.29 is 61.1 Å². The number of rotatable bonds is 7. The fourth-order valence-corrected chi connectivity index (χ4v) is 9.29. The molecule has 5 aromatic rings. The maximum Gasteiger partial charge on any atom is 0.433 e. The molecule has 5 aromatic carbocycles. The van der Waals surface area contributed by atoms with Crippen LogP contribution in [0.3, 0.4) is 0 Å². The molecule has 0 saturated carbocycles. The molecule has 1 aliphatic heterocycles. The van der Waals surface area contributed by atoms with E-state index < -0.39 is 78.8 Å². The van der Waals surface area contributed by atoms with Gasteiger partial charge in [0.05, 0.1) is 21.2 Å². The number of hydrogen-bond acceptors (Lipinski definition) is 3. The van der Waals surface area contributed by atoms with E-state index in [0.717, 1.165) is 72.8 Å². The van der Waals surface area contributed by atoms with Crippen molar-refractivity contribution in [1.29, 1.82) is 0 Å². The molecule has 1 heterocycles. The summed E-state index contributed by atoms with van der Waals surface area (Å²) in [7, 11) is -5.72. The van der Waals surface area contributed by atoms with E-state index in [1.165, 1.54) is 41.3 Å². The fourth-order valence-electron chi connectivity index (χ4n) is 6.00. The molecule has 0 radical (unpaired) electrons. The zero-order valence-electron chi connectivity index (χ0n) is 26.0. The Hall–Kier alpha value is -4.67. The zero-order chi connectivity index (χ0) is 37.8. The van der Waals surface area contributed by atoms with Crippen molar-refractivity contribution in [2.24, 2.45) is 0 Å². The first-order chi connectivity index (χ1) is 24.3. The first kappa shape index (κ1) is 37.1. The van der Waals surface area contributed by atoms with Crippen molar-refractivity contribution in [3.05, 3.63) is 151 Å². The van der Waals surface area contributed by atoms with Gasteiger partial charge in [0.1, 0.15) is 0 Å². The molecule has 0 amide bonds.